The summed E-state index contributed by atoms with van der Waals surface area (Å²) in [5.41, 5.74) is 2.03. The van der Waals surface area contributed by atoms with E-state index in [1.807, 2.05) is 85.8 Å². The van der Waals surface area contributed by atoms with Crippen LogP contribution >= 0.6 is 0 Å². The Hall–Kier alpha value is -4.37. The minimum atomic E-state index is -3.88. The molecule has 0 fully saturated rings. The van der Waals surface area contributed by atoms with Crippen LogP contribution in [-0.2, 0) is 32.6 Å². The van der Waals surface area contributed by atoms with Crippen molar-refractivity contribution < 1.29 is 22.7 Å². The third-order valence-corrected chi connectivity index (χ3v) is 8.15. The zero-order valence-electron chi connectivity index (χ0n) is 24.2. The Kier molecular flexibility index (Phi) is 10.2. The molecule has 4 rings (SSSR count). The van der Waals surface area contributed by atoms with Crippen molar-refractivity contribution in [2.45, 2.75) is 32.4 Å². The van der Waals surface area contributed by atoms with Gasteiger partial charge in [-0.3, -0.25) is 13.9 Å². The van der Waals surface area contributed by atoms with Gasteiger partial charge in [0, 0.05) is 24.9 Å². The smallest absolute Gasteiger partial charge is 0.244 e. The van der Waals surface area contributed by atoms with Crippen molar-refractivity contribution in [1.82, 2.24) is 10.2 Å². The summed E-state index contributed by atoms with van der Waals surface area (Å²) in [7, 11) is -2.31. The number of carbonyl (C=O) groups is 2. The number of benzene rings is 4. The van der Waals surface area contributed by atoms with Crippen molar-refractivity contribution in [3.05, 3.63) is 108 Å². The number of methoxy groups -OCH3 is 1. The van der Waals surface area contributed by atoms with Crippen LogP contribution in [0.3, 0.4) is 0 Å². The van der Waals surface area contributed by atoms with Crippen molar-refractivity contribution in [2.24, 2.45) is 0 Å². The maximum Gasteiger partial charge on any atom is 0.244 e. The SMILES string of the molecule is CCCNC(=O)C(Cc1ccccc1)N(Cc1cccc(OC)c1)C(=O)CN(c1cccc2ccccc12)S(C)(=O)=O. The maximum absolute atomic E-state index is 14.3. The highest BCUT2D eigenvalue weighted by atomic mass is 32.2. The van der Waals surface area contributed by atoms with Gasteiger partial charge in [-0.2, -0.15) is 0 Å². The van der Waals surface area contributed by atoms with Crippen LogP contribution in [0, 0.1) is 0 Å². The summed E-state index contributed by atoms with van der Waals surface area (Å²) in [4.78, 5) is 29.4. The Bertz CT molecular complexity index is 1620. The molecule has 4 aromatic rings. The summed E-state index contributed by atoms with van der Waals surface area (Å²) in [5.74, 6) is -0.180. The molecule has 0 heterocycles. The van der Waals surface area contributed by atoms with Crippen LogP contribution in [0.1, 0.15) is 24.5 Å². The first kappa shape index (κ1) is 30.6. The van der Waals surface area contributed by atoms with Gasteiger partial charge in [0.1, 0.15) is 18.3 Å². The first-order valence-corrected chi connectivity index (χ1v) is 15.8. The highest BCUT2D eigenvalue weighted by Gasteiger charge is 2.33. The largest absolute Gasteiger partial charge is 0.497 e. The van der Waals surface area contributed by atoms with E-state index in [9.17, 15) is 18.0 Å². The molecule has 1 N–H and O–H groups in total. The van der Waals surface area contributed by atoms with E-state index >= 15 is 0 Å². The molecule has 8 nitrogen and oxygen atoms in total. The highest BCUT2D eigenvalue weighted by Crippen LogP contribution is 2.29. The monoisotopic (exact) mass is 587 g/mol. The molecule has 1 unspecified atom stereocenters. The van der Waals surface area contributed by atoms with Crippen LogP contribution in [0.5, 0.6) is 5.75 Å². The Labute approximate surface area is 248 Å². The predicted molar refractivity (Wildman–Crippen MR) is 167 cm³/mol. The number of anilines is 1. The van der Waals surface area contributed by atoms with Crippen molar-refractivity contribution >= 4 is 38.3 Å². The van der Waals surface area contributed by atoms with Crippen LogP contribution in [0.4, 0.5) is 5.69 Å². The number of hydrogen-bond donors (Lipinski definition) is 1. The van der Waals surface area contributed by atoms with Gasteiger partial charge < -0.3 is 15.0 Å². The first-order chi connectivity index (χ1) is 20.2. The average molecular weight is 588 g/mol. The zero-order chi connectivity index (χ0) is 30.1. The van der Waals surface area contributed by atoms with E-state index < -0.39 is 28.5 Å². The Morgan fingerprint density at radius 3 is 2.26 bits per heavy atom. The number of amides is 2. The highest BCUT2D eigenvalue weighted by molar-refractivity contribution is 7.92. The van der Waals surface area contributed by atoms with E-state index in [1.54, 1.807) is 25.3 Å². The van der Waals surface area contributed by atoms with Gasteiger partial charge in [-0.25, -0.2) is 8.42 Å². The van der Waals surface area contributed by atoms with Gasteiger partial charge >= 0.3 is 0 Å². The van der Waals surface area contributed by atoms with Gasteiger partial charge in [-0.05, 0) is 41.1 Å². The second-order valence-electron chi connectivity index (χ2n) is 10.1. The summed E-state index contributed by atoms with van der Waals surface area (Å²) in [6, 6.07) is 28.7. The lowest BCUT2D eigenvalue weighted by Crippen LogP contribution is -2.53. The lowest BCUT2D eigenvalue weighted by atomic mass is 10.0. The minimum absolute atomic E-state index is 0.0835. The predicted octanol–water partition coefficient (Wildman–Crippen LogP) is 4.78. The van der Waals surface area contributed by atoms with E-state index in [0.717, 1.165) is 33.5 Å². The van der Waals surface area contributed by atoms with Crippen molar-refractivity contribution in [3.8, 4) is 5.75 Å². The molecular formula is C33H37N3O5S. The summed E-state index contributed by atoms with van der Waals surface area (Å²) < 4.78 is 32.9. The molecule has 0 saturated heterocycles. The van der Waals surface area contributed by atoms with Gasteiger partial charge in [-0.1, -0.05) is 85.8 Å². The van der Waals surface area contributed by atoms with Crippen LogP contribution in [0.25, 0.3) is 10.8 Å². The standard InChI is InChI=1S/C33H37N3O5S/c1-4-20-34-33(38)31(22-25-12-6-5-7-13-25)35(23-26-14-10-17-28(21-26)41-2)32(37)24-36(42(3,39)40)30-19-11-16-27-15-8-9-18-29(27)30/h5-19,21,31H,4,20,22-24H2,1-3H3,(H,34,38). The van der Waals surface area contributed by atoms with Crippen LogP contribution in [0.15, 0.2) is 97.1 Å². The molecule has 220 valence electrons. The second kappa shape index (κ2) is 14.0. The van der Waals surface area contributed by atoms with Crippen LogP contribution < -0.4 is 14.4 Å². The van der Waals surface area contributed by atoms with Gasteiger partial charge in [0.15, 0.2) is 0 Å². The fraction of sp³-hybridized carbons (Fsp3) is 0.273. The minimum Gasteiger partial charge on any atom is -0.497 e. The molecular weight excluding hydrogens is 550 g/mol. The molecule has 0 aliphatic carbocycles. The lowest BCUT2D eigenvalue weighted by Gasteiger charge is -2.33. The lowest BCUT2D eigenvalue weighted by molar-refractivity contribution is -0.140. The number of nitrogens with zero attached hydrogens (tertiary/aromatic N) is 2. The molecule has 42 heavy (non-hydrogen) atoms. The molecule has 0 bridgehead atoms. The quantitative estimate of drug-likeness (QED) is 0.243. The molecule has 0 aromatic heterocycles. The number of fused-ring (bicyclic) bond motifs is 1. The number of ether oxygens (including phenoxy) is 1. The third kappa shape index (κ3) is 7.67. The fourth-order valence-electron chi connectivity index (χ4n) is 4.91. The summed E-state index contributed by atoms with van der Waals surface area (Å²) >= 11 is 0. The Morgan fingerprint density at radius 2 is 1.55 bits per heavy atom. The topological polar surface area (TPSA) is 96.0 Å². The molecule has 0 aliphatic heterocycles. The molecule has 9 heteroatoms. The molecule has 2 amide bonds. The van der Waals surface area contributed by atoms with E-state index in [4.69, 9.17) is 4.74 Å². The van der Waals surface area contributed by atoms with E-state index in [1.165, 1.54) is 4.90 Å². The van der Waals surface area contributed by atoms with Gasteiger partial charge in [0.25, 0.3) is 0 Å². The number of rotatable bonds is 13. The molecule has 0 radical (unpaired) electrons. The van der Waals surface area contributed by atoms with Gasteiger partial charge in [-0.15, -0.1) is 0 Å². The molecule has 0 saturated carbocycles. The van der Waals surface area contributed by atoms with Crippen molar-refractivity contribution in [1.29, 1.82) is 0 Å². The fourth-order valence-corrected chi connectivity index (χ4v) is 5.77. The van der Waals surface area contributed by atoms with E-state index in [-0.39, 0.29) is 18.9 Å². The normalized spacial score (nSPS) is 12.0. The van der Waals surface area contributed by atoms with Crippen LogP contribution in [0.2, 0.25) is 0 Å². The number of carbonyl (C=O) groups excluding carboxylic acids is 2. The van der Waals surface area contributed by atoms with Crippen LogP contribution in [-0.4, -0.2) is 57.6 Å². The van der Waals surface area contributed by atoms with Gasteiger partial charge in [0.05, 0.1) is 19.1 Å². The Balaban J connectivity index is 1.78. The summed E-state index contributed by atoms with van der Waals surface area (Å²) in [5, 5.41) is 4.51. The Morgan fingerprint density at radius 1 is 0.881 bits per heavy atom. The molecule has 0 aliphatic rings. The summed E-state index contributed by atoms with van der Waals surface area (Å²) in [6.45, 7) is 2.03. The number of nitrogens with one attached hydrogen (secondary N) is 1. The molecule has 4 aromatic carbocycles. The maximum atomic E-state index is 14.3. The number of hydrogen-bond acceptors (Lipinski definition) is 5. The zero-order valence-corrected chi connectivity index (χ0v) is 25.0. The molecule has 1 atom stereocenters. The van der Waals surface area contributed by atoms with E-state index in [2.05, 4.69) is 5.32 Å². The van der Waals surface area contributed by atoms with Crippen molar-refractivity contribution in [2.75, 3.05) is 30.8 Å². The summed E-state index contributed by atoms with van der Waals surface area (Å²) in [6.07, 6.45) is 2.08. The van der Waals surface area contributed by atoms with Gasteiger partial charge in [0.2, 0.25) is 21.8 Å². The third-order valence-electron chi connectivity index (χ3n) is 7.02. The molecule has 0 spiro atoms. The first-order valence-electron chi connectivity index (χ1n) is 13.9. The number of sulfonamides is 1. The second-order valence-corrected chi connectivity index (χ2v) is 12.0. The average Bonchev–Trinajstić information content (AvgIpc) is 3.00. The van der Waals surface area contributed by atoms with E-state index in [0.29, 0.717) is 23.4 Å². The van der Waals surface area contributed by atoms with Crippen molar-refractivity contribution in [3.63, 3.8) is 0 Å².